The summed E-state index contributed by atoms with van der Waals surface area (Å²) in [6, 6.07) is 14.0. The summed E-state index contributed by atoms with van der Waals surface area (Å²) in [5.41, 5.74) is 2.23. The number of benzene rings is 2. The first-order valence-corrected chi connectivity index (χ1v) is 11.1. The number of anilines is 1. The summed E-state index contributed by atoms with van der Waals surface area (Å²) in [6.45, 7) is 2.68. The number of halogens is 1. The number of hydrogen-bond acceptors (Lipinski definition) is 9. The molecule has 10 heteroatoms. The second-order valence-corrected chi connectivity index (χ2v) is 8.60. The molecule has 1 heterocycles. The second-order valence-electron chi connectivity index (χ2n) is 7.15. The first-order chi connectivity index (χ1) is 15.7. The molecule has 0 spiro atoms. The average Bonchev–Trinajstić information content (AvgIpc) is 3.20. The first kappa shape index (κ1) is 26.1. The van der Waals surface area contributed by atoms with Crippen molar-refractivity contribution < 1.29 is 24.5 Å². The Kier molecular flexibility index (Phi) is 10.1. The van der Waals surface area contributed by atoms with Crippen LogP contribution in [0.1, 0.15) is 5.56 Å². The SMILES string of the molecule is COc1ccc2nc(N(CCN(C)C)Cc3ccc(Cl)cc3)sc2c1.O=C([O-])/C=C/C(=O)[O-]. The lowest BCUT2D eigenvalue weighted by atomic mass is 10.2. The van der Waals surface area contributed by atoms with E-state index in [1.807, 2.05) is 30.3 Å². The van der Waals surface area contributed by atoms with E-state index in [2.05, 4.69) is 36.0 Å². The van der Waals surface area contributed by atoms with Crippen LogP contribution in [-0.2, 0) is 16.1 Å². The van der Waals surface area contributed by atoms with E-state index in [4.69, 9.17) is 21.3 Å². The van der Waals surface area contributed by atoms with Gasteiger partial charge in [-0.2, -0.15) is 0 Å². The van der Waals surface area contributed by atoms with Gasteiger partial charge in [0.15, 0.2) is 5.13 Å². The van der Waals surface area contributed by atoms with Crippen LogP contribution in [0, 0.1) is 0 Å². The Morgan fingerprint density at radius 1 is 1.06 bits per heavy atom. The van der Waals surface area contributed by atoms with Crippen molar-refractivity contribution in [1.82, 2.24) is 9.88 Å². The standard InChI is InChI=1S/C19H22ClN3OS.C4H4O4/c1-22(2)10-11-23(13-14-4-6-15(20)7-5-14)19-21-17-9-8-16(24-3)12-18(17)25-19;5-3(6)1-2-4(7)8/h4-9,12H,10-11,13H2,1-3H3;1-2H,(H,5,6)(H,7,8)/p-2/b;2-1+. The van der Waals surface area contributed by atoms with Gasteiger partial charge in [-0.15, -0.1) is 0 Å². The number of thiazole rings is 1. The molecule has 0 amide bonds. The third-order valence-corrected chi connectivity index (χ3v) is 5.65. The summed E-state index contributed by atoms with van der Waals surface area (Å²) < 4.78 is 6.46. The molecule has 3 rings (SSSR count). The number of ether oxygens (including phenoxy) is 1. The van der Waals surface area contributed by atoms with Crippen LogP contribution >= 0.6 is 22.9 Å². The molecule has 0 N–H and O–H groups in total. The second kappa shape index (κ2) is 12.8. The summed E-state index contributed by atoms with van der Waals surface area (Å²) in [6.07, 6.45) is 0.769. The molecule has 176 valence electrons. The number of likely N-dealkylation sites (N-methyl/N-ethyl adjacent to an activating group) is 1. The van der Waals surface area contributed by atoms with Gasteiger partial charge in [0, 0.05) is 24.7 Å². The van der Waals surface area contributed by atoms with Crippen LogP contribution in [0.25, 0.3) is 10.2 Å². The fourth-order valence-corrected chi connectivity index (χ4v) is 3.81. The van der Waals surface area contributed by atoms with Gasteiger partial charge in [-0.3, -0.25) is 0 Å². The largest absolute Gasteiger partial charge is 0.545 e. The van der Waals surface area contributed by atoms with Gasteiger partial charge >= 0.3 is 0 Å². The van der Waals surface area contributed by atoms with Gasteiger partial charge in [-0.25, -0.2) is 4.98 Å². The third-order valence-electron chi connectivity index (χ3n) is 4.31. The van der Waals surface area contributed by atoms with Crippen molar-refractivity contribution in [3.05, 3.63) is 65.2 Å². The van der Waals surface area contributed by atoms with Crippen LogP contribution in [0.3, 0.4) is 0 Å². The molecule has 0 aliphatic rings. The Bertz CT molecular complexity index is 1080. The van der Waals surface area contributed by atoms with E-state index >= 15 is 0 Å². The molecule has 0 radical (unpaired) electrons. The Balaban J connectivity index is 0.000000414. The van der Waals surface area contributed by atoms with Crippen LogP contribution < -0.4 is 19.8 Å². The third kappa shape index (κ3) is 9.09. The lowest BCUT2D eigenvalue weighted by Gasteiger charge is -2.23. The maximum atomic E-state index is 9.41. The predicted molar refractivity (Wildman–Crippen MR) is 126 cm³/mol. The Labute approximate surface area is 201 Å². The number of carboxylic acids is 2. The zero-order chi connectivity index (χ0) is 24.4. The van der Waals surface area contributed by atoms with Crippen molar-refractivity contribution in [2.75, 3.05) is 39.2 Å². The predicted octanol–water partition coefficient (Wildman–Crippen LogP) is 1.57. The van der Waals surface area contributed by atoms with Gasteiger partial charge in [0.1, 0.15) is 5.75 Å². The highest BCUT2D eigenvalue weighted by molar-refractivity contribution is 7.22. The van der Waals surface area contributed by atoms with Crippen molar-refractivity contribution in [2.45, 2.75) is 6.54 Å². The number of carbonyl (C=O) groups is 2. The molecule has 0 unspecified atom stereocenters. The number of carbonyl (C=O) groups excluding carboxylic acids is 2. The molecule has 8 nitrogen and oxygen atoms in total. The van der Waals surface area contributed by atoms with Gasteiger partial charge in [0.05, 0.1) is 29.3 Å². The Morgan fingerprint density at radius 3 is 2.24 bits per heavy atom. The number of methoxy groups -OCH3 is 1. The molecule has 0 fully saturated rings. The molecule has 0 aliphatic carbocycles. The minimum absolute atomic E-state index is 0.384. The van der Waals surface area contributed by atoms with Crippen molar-refractivity contribution in [1.29, 1.82) is 0 Å². The number of nitrogens with zero attached hydrogens (tertiary/aromatic N) is 3. The fourth-order valence-electron chi connectivity index (χ4n) is 2.66. The highest BCUT2D eigenvalue weighted by Gasteiger charge is 2.14. The maximum absolute atomic E-state index is 9.41. The summed E-state index contributed by atoms with van der Waals surface area (Å²) in [7, 11) is 5.86. The van der Waals surface area contributed by atoms with Crippen LogP contribution in [0.15, 0.2) is 54.6 Å². The van der Waals surface area contributed by atoms with Crippen molar-refractivity contribution >= 4 is 50.2 Å². The lowest BCUT2D eigenvalue weighted by molar-refractivity contribution is -0.301. The molecule has 0 bridgehead atoms. The monoisotopic (exact) mass is 489 g/mol. The molecule has 3 aromatic rings. The molecule has 0 saturated carbocycles. The average molecular weight is 490 g/mol. The molecular formula is C23H24ClN3O5S-2. The van der Waals surface area contributed by atoms with Crippen molar-refractivity contribution in [2.24, 2.45) is 0 Å². The molecule has 0 saturated heterocycles. The van der Waals surface area contributed by atoms with Crippen LogP contribution in [-0.4, -0.2) is 56.1 Å². The van der Waals surface area contributed by atoms with E-state index in [9.17, 15) is 19.8 Å². The number of rotatable bonds is 9. The van der Waals surface area contributed by atoms with Gasteiger partial charge < -0.3 is 34.3 Å². The zero-order valence-electron chi connectivity index (χ0n) is 18.5. The highest BCUT2D eigenvalue weighted by Crippen LogP contribution is 2.32. The van der Waals surface area contributed by atoms with Gasteiger partial charge in [0.25, 0.3) is 0 Å². The number of aromatic nitrogens is 1. The zero-order valence-corrected chi connectivity index (χ0v) is 20.1. The molecule has 33 heavy (non-hydrogen) atoms. The minimum atomic E-state index is -1.55. The number of carboxylic acid groups (broad SMARTS) is 2. The Hall–Kier alpha value is -3.14. The summed E-state index contributed by atoms with van der Waals surface area (Å²) in [5.74, 6) is -2.23. The summed E-state index contributed by atoms with van der Waals surface area (Å²) in [5, 5.41) is 20.6. The van der Waals surface area contributed by atoms with Gasteiger partial charge in [0.2, 0.25) is 0 Å². The molecule has 0 atom stereocenters. The van der Waals surface area contributed by atoms with Crippen LogP contribution in [0.2, 0.25) is 5.02 Å². The lowest BCUT2D eigenvalue weighted by Crippen LogP contribution is -2.31. The van der Waals surface area contributed by atoms with Crippen molar-refractivity contribution in [3.63, 3.8) is 0 Å². The smallest absolute Gasteiger partial charge is 0.186 e. The topological polar surface area (TPSA) is 109 Å². The molecule has 0 aliphatic heterocycles. The fraction of sp³-hybridized carbons (Fsp3) is 0.261. The maximum Gasteiger partial charge on any atom is 0.186 e. The van der Waals surface area contributed by atoms with Crippen LogP contribution in [0.5, 0.6) is 5.75 Å². The summed E-state index contributed by atoms with van der Waals surface area (Å²) in [4.78, 5) is 28.2. The highest BCUT2D eigenvalue weighted by atomic mass is 35.5. The van der Waals surface area contributed by atoms with Crippen LogP contribution in [0.4, 0.5) is 5.13 Å². The van der Waals surface area contributed by atoms with E-state index in [1.165, 1.54) is 5.56 Å². The van der Waals surface area contributed by atoms with Gasteiger partial charge in [-0.05, 0) is 62.1 Å². The molecular weight excluding hydrogens is 466 g/mol. The van der Waals surface area contributed by atoms with E-state index < -0.39 is 11.9 Å². The van der Waals surface area contributed by atoms with E-state index in [0.29, 0.717) is 12.2 Å². The number of fused-ring (bicyclic) bond motifs is 1. The minimum Gasteiger partial charge on any atom is -0.545 e. The first-order valence-electron chi connectivity index (χ1n) is 9.86. The normalized spacial score (nSPS) is 10.8. The van der Waals surface area contributed by atoms with E-state index in [0.717, 1.165) is 45.8 Å². The van der Waals surface area contributed by atoms with Crippen molar-refractivity contribution in [3.8, 4) is 5.75 Å². The van der Waals surface area contributed by atoms with E-state index in [-0.39, 0.29) is 0 Å². The number of hydrogen-bond donors (Lipinski definition) is 0. The van der Waals surface area contributed by atoms with Gasteiger partial charge in [-0.1, -0.05) is 35.1 Å². The quantitative estimate of drug-likeness (QED) is 0.417. The molecule has 1 aromatic heterocycles. The van der Waals surface area contributed by atoms with E-state index in [1.54, 1.807) is 18.4 Å². The number of aliphatic carboxylic acids is 2. The molecule has 2 aromatic carbocycles. The Morgan fingerprint density at radius 2 is 1.70 bits per heavy atom. The summed E-state index contributed by atoms with van der Waals surface area (Å²) >= 11 is 7.71.